The van der Waals surface area contributed by atoms with Crippen LogP contribution in [0.2, 0.25) is 0 Å². The quantitative estimate of drug-likeness (QED) is 0.791. The van der Waals surface area contributed by atoms with Gasteiger partial charge in [-0.3, -0.25) is 0 Å². The normalized spacial score (nSPS) is 23.8. The molecule has 2 atom stereocenters. The van der Waals surface area contributed by atoms with Gasteiger partial charge in [0.1, 0.15) is 5.82 Å². The van der Waals surface area contributed by atoms with Crippen LogP contribution in [0.3, 0.4) is 0 Å². The van der Waals surface area contributed by atoms with Crippen LogP contribution in [0.4, 0.5) is 10.1 Å². The number of thiocarbonyl (C=S) groups is 1. The standard InChI is InChI=1S/C13H17FN2OS/c1-9-7-16(8-10(2)17-9)13(18)15-12-5-3-11(14)4-6-12/h3-6,9-10H,7-8H2,1-2H3,(H,15,18)/t9-,10-/m1/s1. The first-order chi connectivity index (χ1) is 8.54. The van der Waals surface area contributed by atoms with Gasteiger partial charge in [0.2, 0.25) is 0 Å². The smallest absolute Gasteiger partial charge is 0.173 e. The number of nitrogens with zero attached hydrogens (tertiary/aromatic N) is 1. The number of rotatable bonds is 1. The number of morpholine rings is 1. The van der Waals surface area contributed by atoms with Crippen LogP contribution in [-0.4, -0.2) is 35.3 Å². The van der Waals surface area contributed by atoms with E-state index in [1.807, 2.05) is 13.8 Å². The molecule has 1 N–H and O–H groups in total. The lowest BCUT2D eigenvalue weighted by atomic mass is 10.2. The Balaban J connectivity index is 1.97. The Bertz CT molecular complexity index is 414. The molecule has 1 fully saturated rings. The van der Waals surface area contributed by atoms with Crippen molar-refractivity contribution in [1.82, 2.24) is 4.90 Å². The third-order valence-corrected chi connectivity index (χ3v) is 3.16. The Morgan fingerprint density at radius 3 is 2.39 bits per heavy atom. The minimum atomic E-state index is -0.250. The van der Waals surface area contributed by atoms with Gasteiger partial charge in [-0.1, -0.05) is 0 Å². The van der Waals surface area contributed by atoms with Crippen LogP contribution in [0.15, 0.2) is 24.3 Å². The first-order valence-electron chi connectivity index (χ1n) is 6.01. The van der Waals surface area contributed by atoms with E-state index in [-0.39, 0.29) is 18.0 Å². The van der Waals surface area contributed by atoms with E-state index in [0.29, 0.717) is 5.11 Å². The molecule has 1 aromatic rings. The summed E-state index contributed by atoms with van der Waals surface area (Å²) in [7, 11) is 0. The Morgan fingerprint density at radius 2 is 1.83 bits per heavy atom. The number of hydrogen-bond donors (Lipinski definition) is 1. The molecular formula is C13H17FN2OS. The molecule has 0 amide bonds. The van der Waals surface area contributed by atoms with Gasteiger partial charge >= 0.3 is 0 Å². The van der Waals surface area contributed by atoms with Crippen LogP contribution >= 0.6 is 12.2 Å². The van der Waals surface area contributed by atoms with Crippen molar-refractivity contribution >= 4 is 23.0 Å². The van der Waals surface area contributed by atoms with E-state index in [4.69, 9.17) is 17.0 Å². The van der Waals surface area contributed by atoms with Crippen LogP contribution < -0.4 is 5.32 Å². The van der Waals surface area contributed by atoms with E-state index in [1.54, 1.807) is 12.1 Å². The second-order valence-electron chi connectivity index (χ2n) is 4.60. The minimum Gasteiger partial charge on any atom is -0.372 e. The Morgan fingerprint density at radius 1 is 1.28 bits per heavy atom. The van der Waals surface area contributed by atoms with Gasteiger partial charge in [0.05, 0.1) is 12.2 Å². The maximum absolute atomic E-state index is 12.8. The van der Waals surface area contributed by atoms with Crippen LogP contribution in [0, 0.1) is 5.82 Å². The fraction of sp³-hybridized carbons (Fsp3) is 0.462. The van der Waals surface area contributed by atoms with Gasteiger partial charge in [0, 0.05) is 18.8 Å². The highest BCUT2D eigenvalue weighted by Gasteiger charge is 2.23. The molecule has 0 bridgehead atoms. The highest BCUT2D eigenvalue weighted by atomic mass is 32.1. The van der Waals surface area contributed by atoms with Crippen molar-refractivity contribution in [1.29, 1.82) is 0 Å². The fourth-order valence-electron chi connectivity index (χ4n) is 2.08. The Kier molecular flexibility index (Phi) is 4.14. The zero-order chi connectivity index (χ0) is 13.1. The SMILES string of the molecule is C[C@@H]1CN(C(=S)Nc2ccc(F)cc2)C[C@@H](C)O1. The second-order valence-corrected chi connectivity index (χ2v) is 4.99. The van der Waals surface area contributed by atoms with E-state index in [2.05, 4.69) is 10.2 Å². The molecule has 1 aliphatic rings. The zero-order valence-corrected chi connectivity index (χ0v) is 11.3. The predicted molar refractivity (Wildman–Crippen MR) is 74.2 cm³/mol. The minimum absolute atomic E-state index is 0.168. The molecule has 0 saturated carbocycles. The lowest BCUT2D eigenvalue weighted by Gasteiger charge is -2.36. The number of hydrogen-bond acceptors (Lipinski definition) is 2. The van der Waals surface area contributed by atoms with Gasteiger partial charge in [0.15, 0.2) is 5.11 Å². The van der Waals surface area contributed by atoms with Crippen molar-refractivity contribution in [3.8, 4) is 0 Å². The lowest BCUT2D eigenvalue weighted by molar-refractivity contribution is -0.0473. The van der Waals surface area contributed by atoms with Crippen molar-refractivity contribution in [3.63, 3.8) is 0 Å². The molecule has 1 aliphatic heterocycles. The zero-order valence-electron chi connectivity index (χ0n) is 10.5. The van der Waals surface area contributed by atoms with Crippen LogP contribution in [0.1, 0.15) is 13.8 Å². The summed E-state index contributed by atoms with van der Waals surface area (Å²) in [6, 6.07) is 6.18. The van der Waals surface area contributed by atoms with E-state index >= 15 is 0 Å². The summed E-state index contributed by atoms with van der Waals surface area (Å²) in [4.78, 5) is 2.08. The van der Waals surface area contributed by atoms with Crippen molar-refractivity contribution in [2.75, 3.05) is 18.4 Å². The molecule has 0 aliphatic carbocycles. The molecule has 0 unspecified atom stereocenters. The van der Waals surface area contributed by atoms with Crippen molar-refractivity contribution < 1.29 is 9.13 Å². The van der Waals surface area contributed by atoms with Crippen molar-refractivity contribution in [2.24, 2.45) is 0 Å². The largest absolute Gasteiger partial charge is 0.372 e. The predicted octanol–water partition coefficient (Wildman–Crippen LogP) is 2.63. The van der Waals surface area contributed by atoms with Gasteiger partial charge in [0.25, 0.3) is 0 Å². The third kappa shape index (κ3) is 3.40. The van der Waals surface area contributed by atoms with Crippen LogP contribution in [0.25, 0.3) is 0 Å². The summed E-state index contributed by atoms with van der Waals surface area (Å²) >= 11 is 5.36. The maximum atomic E-state index is 12.8. The number of halogens is 1. The van der Waals surface area contributed by atoms with E-state index in [1.165, 1.54) is 12.1 Å². The molecule has 3 nitrogen and oxygen atoms in total. The summed E-state index contributed by atoms with van der Waals surface area (Å²) in [5.41, 5.74) is 0.799. The highest BCUT2D eigenvalue weighted by molar-refractivity contribution is 7.80. The number of benzene rings is 1. The molecule has 18 heavy (non-hydrogen) atoms. The van der Waals surface area contributed by atoms with Crippen LogP contribution in [-0.2, 0) is 4.74 Å². The van der Waals surface area contributed by atoms with Gasteiger partial charge in [-0.05, 0) is 50.3 Å². The average Bonchev–Trinajstić information content (AvgIpc) is 2.31. The number of ether oxygens (including phenoxy) is 1. The maximum Gasteiger partial charge on any atom is 0.173 e. The molecule has 0 radical (unpaired) electrons. The van der Waals surface area contributed by atoms with E-state index in [0.717, 1.165) is 18.8 Å². The molecule has 1 aromatic carbocycles. The molecule has 1 heterocycles. The molecule has 1 saturated heterocycles. The Hall–Kier alpha value is -1.20. The van der Waals surface area contributed by atoms with Gasteiger partial charge < -0.3 is 15.0 Å². The summed E-state index contributed by atoms with van der Waals surface area (Å²) in [6.45, 7) is 5.61. The molecular weight excluding hydrogens is 251 g/mol. The van der Waals surface area contributed by atoms with Crippen molar-refractivity contribution in [2.45, 2.75) is 26.1 Å². The number of anilines is 1. The summed E-state index contributed by atoms with van der Waals surface area (Å²) in [5, 5.41) is 3.77. The van der Waals surface area contributed by atoms with Gasteiger partial charge in [-0.15, -0.1) is 0 Å². The summed E-state index contributed by atoms with van der Waals surface area (Å²) in [6.07, 6.45) is 0.337. The van der Waals surface area contributed by atoms with Crippen molar-refractivity contribution in [3.05, 3.63) is 30.1 Å². The van der Waals surface area contributed by atoms with E-state index in [9.17, 15) is 4.39 Å². The molecule has 2 rings (SSSR count). The first kappa shape index (κ1) is 13.2. The Labute approximate surface area is 112 Å². The van der Waals surface area contributed by atoms with Crippen LogP contribution in [0.5, 0.6) is 0 Å². The van der Waals surface area contributed by atoms with E-state index < -0.39 is 0 Å². The lowest BCUT2D eigenvalue weighted by Crippen LogP contribution is -2.49. The monoisotopic (exact) mass is 268 g/mol. The topological polar surface area (TPSA) is 24.5 Å². The summed E-state index contributed by atoms with van der Waals surface area (Å²) in [5.74, 6) is -0.250. The molecule has 0 spiro atoms. The number of nitrogens with one attached hydrogen (secondary N) is 1. The fourth-order valence-corrected chi connectivity index (χ4v) is 2.35. The highest BCUT2D eigenvalue weighted by Crippen LogP contribution is 2.14. The van der Waals surface area contributed by atoms with Gasteiger partial charge in [-0.2, -0.15) is 0 Å². The molecule has 0 aromatic heterocycles. The molecule has 5 heteroatoms. The third-order valence-electron chi connectivity index (χ3n) is 2.80. The average molecular weight is 268 g/mol. The first-order valence-corrected chi connectivity index (χ1v) is 6.42. The second kappa shape index (κ2) is 5.63. The van der Waals surface area contributed by atoms with Gasteiger partial charge in [-0.25, -0.2) is 4.39 Å². The molecule has 98 valence electrons. The summed E-state index contributed by atoms with van der Waals surface area (Å²) < 4.78 is 18.4.